The van der Waals surface area contributed by atoms with Crippen LogP contribution >= 0.6 is 7.60 Å². The fraction of sp³-hybridized carbons (Fsp3) is 0.800. The Hall–Kier alpha value is -0.950. The monoisotopic (exact) mass is 295 g/mol. The van der Waals surface area contributed by atoms with Crippen LogP contribution in [-0.4, -0.2) is 39.5 Å². The molecule has 8 nitrogen and oxygen atoms in total. The third-order valence-electron chi connectivity index (χ3n) is 2.54. The number of nitrogens with two attached hydrogens (primary N) is 1. The average Bonchev–Trinajstić information content (AvgIpc) is 2.27. The molecule has 0 aliphatic heterocycles. The minimum absolute atomic E-state index is 0.465. The van der Waals surface area contributed by atoms with Gasteiger partial charge in [0.1, 0.15) is 11.8 Å². The maximum atomic E-state index is 11.6. The normalized spacial score (nSPS) is 16.3. The van der Waals surface area contributed by atoms with Gasteiger partial charge in [-0.25, -0.2) is 0 Å². The van der Waals surface area contributed by atoms with Gasteiger partial charge in [-0.05, 0) is 20.3 Å². The molecule has 0 aliphatic carbocycles. The Balaban J connectivity index is 4.36. The SMILES string of the molecule is CCC[C@H](N)C(=O)N[C@@H](C)C(=O)NC(C)P(=O)(O)O. The van der Waals surface area contributed by atoms with Crippen LogP contribution in [0.1, 0.15) is 33.6 Å². The van der Waals surface area contributed by atoms with Gasteiger partial charge in [-0.1, -0.05) is 13.3 Å². The summed E-state index contributed by atoms with van der Waals surface area (Å²) in [5.41, 5.74) is 5.58. The van der Waals surface area contributed by atoms with Crippen LogP contribution < -0.4 is 16.4 Å². The number of rotatable bonds is 7. The highest BCUT2D eigenvalue weighted by atomic mass is 31.2. The molecule has 0 rings (SSSR count). The topological polar surface area (TPSA) is 142 Å². The van der Waals surface area contributed by atoms with Crippen molar-refractivity contribution in [3.8, 4) is 0 Å². The predicted octanol–water partition coefficient (Wildman–Crippen LogP) is -0.742. The van der Waals surface area contributed by atoms with E-state index < -0.39 is 37.3 Å². The Morgan fingerprint density at radius 1 is 1.21 bits per heavy atom. The first-order valence-corrected chi connectivity index (χ1v) is 7.69. The quantitative estimate of drug-likeness (QED) is 0.391. The second-order valence-electron chi connectivity index (χ2n) is 4.40. The molecular formula is C10H22N3O5P. The van der Waals surface area contributed by atoms with Crippen LogP contribution in [0.15, 0.2) is 0 Å². The lowest BCUT2D eigenvalue weighted by Crippen LogP contribution is -2.51. The van der Waals surface area contributed by atoms with Crippen molar-refractivity contribution in [1.82, 2.24) is 10.6 Å². The van der Waals surface area contributed by atoms with E-state index >= 15 is 0 Å². The van der Waals surface area contributed by atoms with Crippen molar-refractivity contribution in [3.63, 3.8) is 0 Å². The van der Waals surface area contributed by atoms with E-state index in [1.54, 1.807) is 0 Å². The van der Waals surface area contributed by atoms with Crippen molar-refractivity contribution in [2.24, 2.45) is 5.73 Å². The number of hydrogen-bond acceptors (Lipinski definition) is 4. The molecule has 0 aromatic heterocycles. The summed E-state index contributed by atoms with van der Waals surface area (Å²) in [5, 5.41) is 4.53. The number of carbonyl (C=O) groups is 2. The molecule has 0 radical (unpaired) electrons. The lowest BCUT2D eigenvalue weighted by Gasteiger charge is -2.20. The molecule has 0 bridgehead atoms. The number of amides is 2. The van der Waals surface area contributed by atoms with E-state index in [2.05, 4.69) is 10.6 Å². The molecule has 6 N–H and O–H groups in total. The summed E-state index contributed by atoms with van der Waals surface area (Å²) in [4.78, 5) is 40.9. The van der Waals surface area contributed by atoms with Crippen molar-refractivity contribution < 1.29 is 23.9 Å². The van der Waals surface area contributed by atoms with E-state index in [-0.39, 0.29) is 0 Å². The van der Waals surface area contributed by atoms with E-state index in [1.165, 1.54) is 13.8 Å². The van der Waals surface area contributed by atoms with Crippen molar-refractivity contribution in [2.75, 3.05) is 0 Å². The maximum absolute atomic E-state index is 11.6. The minimum atomic E-state index is -4.38. The second-order valence-corrected chi connectivity index (χ2v) is 6.35. The van der Waals surface area contributed by atoms with Gasteiger partial charge >= 0.3 is 7.60 Å². The molecule has 2 amide bonds. The summed E-state index contributed by atoms with van der Waals surface area (Å²) in [5.74, 6) is -2.44. The zero-order chi connectivity index (χ0) is 15.2. The third kappa shape index (κ3) is 6.68. The van der Waals surface area contributed by atoms with E-state index in [1.807, 2.05) is 6.92 Å². The van der Waals surface area contributed by atoms with Gasteiger partial charge in [0.05, 0.1) is 6.04 Å². The summed E-state index contributed by atoms with van der Waals surface area (Å²) in [7, 11) is -4.38. The predicted molar refractivity (Wildman–Crippen MR) is 70.1 cm³/mol. The summed E-state index contributed by atoms with van der Waals surface area (Å²) in [6.07, 6.45) is 1.24. The number of hydrogen-bond donors (Lipinski definition) is 5. The zero-order valence-corrected chi connectivity index (χ0v) is 12.2. The average molecular weight is 295 g/mol. The molecule has 0 aromatic rings. The van der Waals surface area contributed by atoms with Crippen LogP contribution in [0.4, 0.5) is 0 Å². The smallest absolute Gasteiger partial charge is 0.343 e. The van der Waals surface area contributed by atoms with Crippen molar-refractivity contribution in [2.45, 2.75) is 51.5 Å². The molecular weight excluding hydrogens is 273 g/mol. The molecule has 9 heteroatoms. The Morgan fingerprint density at radius 3 is 2.16 bits per heavy atom. The van der Waals surface area contributed by atoms with Crippen LogP contribution in [0.3, 0.4) is 0 Å². The van der Waals surface area contributed by atoms with Crippen LogP contribution in [0, 0.1) is 0 Å². The molecule has 0 heterocycles. The molecule has 3 atom stereocenters. The van der Waals surface area contributed by atoms with Gasteiger partial charge in [-0.3, -0.25) is 14.2 Å². The lowest BCUT2D eigenvalue weighted by molar-refractivity contribution is -0.129. The molecule has 0 aromatic carbocycles. The third-order valence-corrected chi connectivity index (χ3v) is 3.68. The summed E-state index contributed by atoms with van der Waals surface area (Å²) < 4.78 is 10.9. The van der Waals surface area contributed by atoms with Crippen molar-refractivity contribution in [1.29, 1.82) is 0 Å². The molecule has 0 saturated carbocycles. The Labute approximate surface area is 112 Å². The van der Waals surface area contributed by atoms with Gasteiger partial charge in [-0.15, -0.1) is 0 Å². The molecule has 0 saturated heterocycles. The van der Waals surface area contributed by atoms with E-state index in [0.29, 0.717) is 6.42 Å². The summed E-state index contributed by atoms with van der Waals surface area (Å²) in [6.45, 7) is 4.49. The Morgan fingerprint density at radius 2 is 1.74 bits per heavy atom. The fourth-order valence-corrected chi connectivity index (χ4v) is 1.54. The van der Waals surface area contributed by atoms with Gasteiger partial charge in [0.15, 0.2) is 0 Å². The highest BCUT2D eigenvalue weighted by Crippen LogP contribution is 2.38. The zero-order valence-electron chi connectivity index (χ0n) is 11.3. The first kappa shape index (κ1) is 18.0. The lowest BCUT2D eigenvalue weighted by atomic mass is 10.1. The van der Waals surface area contributed by atoms with Gasteiger partial charge < -0.3 is 26.2 Å². The minimum Gasteiger partial charge on any atom is -0.343 e. The molecule has 0 aliphatic rings. The fourth-order valence-electron chi connectivity index (χ4n) is 1.24. The molecule has 0 spiro atoms. The molecule has 1 unspecified atom stereocenters. The number of carbonyl (C=O) groups excluding carboxylic acids is 2. The molecule has 19 heavy (non-hydrogen) atoms. The van der Waals surface area contributed by atoms with Gasteiger partial charge in [0.25, 0.3) is 0 Å². The van der Waals surface area contributed by atoms with Crippen molar-refractivity contribution >= 4 is 19.4 Å². The van der Waals surface area contributed by atoms with Gasteiger partial charge in [-0.2, -0.15) is 0 Å². The van der Waals surface area contributed by atoms with Gasteiger partial charge in [0.2, 0.25) is 11.8 Å². The first-order valence-electron chi connectivity index (χ1n) is 6.01. The summed E-state index contributed by atoms with van der Waals surface area (Å²) >= 11 is 0. The second kappa shape index (κ2) is 7.59. The Bertz CT molecular complexity index is 370. The van der Waals surface area contributed by atoms with Crippen LogP contribution in [0.2, 0.25) is 0 Å². The highest BCUT2D eigenvalue weighted by molar-refractivity contribution is 7.52. The van der Waals surface area contributed by atoms with Crippen LogP contribution in [0.5, 0.6) is 0 Å². The Kier molecular flexibility index (Phi) is 7.21. The standard InChI is InChI=1S/C10H22N3O5P/c1-4-5-8(11)10(15)12-6(2)9(14)13-7(3)19(16,17)18/h6-8H,4-5,11H2,1-3H3,(H,12,15)(H,13,14)(H2,16,17,18)/t6-,7?,8-/m0/s1. The maximum Gasteiger partial charge on any atom is 0.347 e. The number of nitrogens with one attached hydrogen (secondary N) is 2. The molecule has 112 valence electrons. The van der Waals surface area contributed by atoms with E-state index in [9.17, 15) is 14.2 Å². The van der Waals surface area contributed by atoms with Crippen LogP contribution in [-0.2, 0) is 14.2 Å². The van der Waals surface area contributed by atoms with E-state index in [4.69, 9.17) is 15.5 Å². The largest absolute Gasteiger partial charge is 0.347 e. The van der Waals surface area contributed by atoms with Gasteiger partial charge in [0, 0.05) is 0 Å². The van der Waals surface area contributed by atoms with Crippen molar-refractivity contribution in [3.05, 3.63) is 0 Å². The van der Waals surface area contributed by atoms with E-state index in [0.717, 1.165) is 6.42 Å². The highest BCUT2D eigenvalue weighted by Gasteiger charge is 2.28. The first-order chi connectivity index (χ1) is 8.59. The molecule has 0 fully saturated rings. The summed E-state index contributed by atoms with van der Waals surface area (Å²) in [6, 6.07) is -1.61. The van der Waals surface area contributed by atoms with Crippen LogP contribution in [0.25, 0.3) is 0 Å².